The third-order valence-electron chi connectivity index (χ3n) is 3.39. The first-order valence-electron chi connectivity index (χ1n) is 7.67. The summed E-state index contributed by atoms with van der Waals surface area (Å²) in [5.74, 6) is -0.137. The molecule has 9 heteroatoms. The molecule has 2 aromatic rings. The molecule has 26 heavy (non-hydrogen) atoms. The van der Waals surface area contributed by atoms with Gasteiger partial charge in [-0.3, -0.25) is 4.79 Å². The number of benzene rings is 1. The molecule has 1 amide bonds. The summed E-state index contributed by atoms with van der Waals surface area (Å²) in [6.07, 6.45) is 1.14. The van der Waals surface area contributed by atoms with Gasteiger partial charge in [0.25, 0.3) is 0 Å². The first-order chi connectivity index (χ1) is 12.2. The van der Waals surface area contributed by atoms with Crippen LogP contribution in [-0.2, 0) is 21.1 Å². The van der Waals surface area contributed by atoms with E-state index < -0.39 is 9.84 Å². The number of nitrogens with two attached hydrogens (primary N) is 1. The summed E-state index contributed by atoms with van der Waals surface area (Å²) in [6, 6.07) is 9.33. The van der Waals surface area contributed by atoms with Gasteiger partial charge in [-0.1, -0.05) is 12.1 Å². The number of rotatable bonds is 6. The molecule has 0 spiro atoms. The third-order valence-corrected chi connectivity index (χ3v) is 4.52. The van der Waals surface area contributed by atoms with Crippen LogP contribution >= 0.6 is 0 Å². The number of carbonyl (C=O) groups excluding carboxylic acids is 1. The molecular formula is C17H18N4O4S. The van der Waals surface area contributed by atoms with Crippen molar-refractivity contribution in [2.75, 3.05) is 23.9 Å². The number of nitriles is 1. The van der Waals surface area contributed by atoms with Crippen LogP contribution in [0.2, 0.25) is 0 Å². The summed E-state index contributed by atoms with van der Waals surface area (Å²) in [4.78, 5) is 16.5. The average molecular weight is 374 g/mol. The summed E-state index contributed by atoms with van der Waals surface area (Å²) in [5, 5.41) is 11.7. The normalized spacial score (nSPS) is 10.8. The van der Waals surface area contributed by atoms with E-state index in [1.807, 2.05) is 6.07 Å². The SMILES string of the molecule is CCOc1nc(NC(=O)Cc2ccc(S(C)(=O)=O)cc2)cc(N)c1C#N. The maximum atomic E-state index is 12.2. The number of nitrogens with zero attached hydrogens (tertiary/aromatic N) is 2. The lowest BCUT2D eigenvalue weighted by Gasteiger charge is -2.10. The Balaban J connectivity index is 2.14. The van der Waals surface area contributed by atoms with Crippen molar-refractivity contribution >= 4 is 27.2 Å². The molecule has 0 fully saturated rings. The minimum absolute atomic E-state index is 0.0234. The van der Waals surface area contributed by atoms with Gasteiger partial charge in [-0.25, -0.2) is 8.42 Å². The van der Waals surface area contributed by atoms with Crippen molar-refractivity contribution in [3.05, 3.63) is 41.5 Å². The van der Waals surface area contributed by atoms with E-state index in [2.05, 4.69) is 10.3 Å². The zero-order valence-electron chi connectivity index (χ0n) is 14.3. The van der Waals surface area contributed by atoms with Gasteiger partial charge in [-0.05, 0) is 24.6 Å². The predicted molar refractivity (Wildman–Crippen MR) is 96.4 cm³/mol. The summed E-state index contributed by atoms with van der Waals surface area (Å²) >= 11 is 0. The molecule has 1 aromatic carbocycles. The van der Waals surface area contributed by atoms with Crippen LogP contribution in [0, 0.1) is 11.3 Å². The van der Waals surface area contributed by atoms with Crippen LogP contribution in [0.3, 0.4) is 0 Å². The number of carbonyl (C=O) groups is 1. The van der Waals surface area contributed by atoms with Crippen LogP contribution in [0.25, 0.3) is 0 Å². The van der Waals surface area contributed by atoms with Gasteiger partial charge in [0.05, 0.1) is 23.6 Å². The maximum Gasteiger partial charge on any atom is 0.235 e. The molecule has 0 unspecified atom stereocenters. The molecule has 0 bridgehead atoms. The molecular weight excluding hydrogens is 356 g/mol. The Bertz CT molecular complexity index is 963. The summed E-state index contributed by atoms with van der Waals surface area (Å²) in [6.45, 7) is 2.04. The Morgan fingerprint density at radius 1 is 1.35 bits per heavy atom. The standard InChI is InChI=1S/C17H18N4O4S/c1-3-25-17-13(10-18)14(19)9-15(21-17)20-16(22)8-11-4-6-12(7-5-11)26(2,23)24/h4-7,9H,3,8H2,1-2H3,(H3,19,20,21,22). The van der Waals surface area contributed by atoms with Crippen molar-refractivity contribution in [2.45, 2.75) is 18.2 Å². The Morgan fingerprint density at radius 2 is 2.00 bits per heavy atom. The molecule has 8 nitrogen and oxygen atoms in total. The van der Waals surface area contributed by atoms with E-state index in [9.17, 15) is 13.2 Å². The highest BCUT2D eigenvalue weighted by molar-refractivity contribution is 7.90. The highest BCUT2D eigenvalue weighted by atomic mass is 32.2. The molecule has 2 rings (SSSR count). The first-order valence-corrected chi connectivity index (χ1v) is 9.56. The van der Waals surface area contributed by atoms with Crippen LogP contribution in [-0.4, -0.2) is 32.2 Å². The number of ether oxygens (including phenoxy) is 1. The molecule has 0 aliphatic rings. The van der Waals surface area contributed by atoms with E-state index >= 15 is 0 Å². The highest BCUT2D eigenvalue weighted by Crippen LogP contribution is 2.25. The van der Waals surface area contributed by atoms with Crippen LogP contribution < -0.4 is 15.8 Å². The second-order valence-electron chi connectivity index (χ2n) is 5.46. The number of sulfone groups is 1. The lowest BCUT2D eigenvalue weighted by atomic mass is 10.1. The second kappa shape index (κ2) is 7.84. The van der Waals surface area contributed by atoms with Crippen molar-refractivity contribution < 1.29 is 17.9 Å². The monoisotopic (exact) mass is 374 g/mol. The van der Waals surface area contributed by atoms with Crippen molar-refractivity contribution in [1.82, 2.24) is 4.98 Å². The van der Waals surface area contributed by atoms with Crippen molar-refractivity contribution in [2.24, 2.45) is 0 Å². The number of pyridine rings is 1. The van der Waals surface area contributed by atoms with Gasteiger partial charge in [0.2, 0.25) is 11.8 Å². The fourth-order valence-corrected chi connectivity index (χ4v) is 2.82. The van der Waals surface area contributed by atoms with E-state index in [0.29, 0.717) is 12.2 Å². The van der Waals surface area contributed by atoms with Gasteiger partial charge in [0.1, 0.15) is 17.5 Å². The van der Waals surface area contributed by atoms with E-state index in [-0.39, 0.29) is 40.2 Å². The summed E-state index contributed by atoms with van der Waals surface area (Å²) < 4.78 is 28.2. The lowest BCUT2D eigenvalue weighted by molar-refractivity contribution is -0.115. The summed E-state index contributed by atoms with van der Waals surface area (Å²) in [5.41, 5.74) is 6.70. The van der Waals surface area contributed by atoms with Gasteiger partial charge in [0, 0.05) is 12.3 Å². The zero-order chi connectivity index (χ0) is 19.3. The van der Waals surface area contributed by atoms with Gasteiger partial charge in [0.15, 0.2) is 9.84 Å². The van der Waals surface area contributed by atoms with E-state index in [1.54, 1.807) is 19.1 Å². The average Bonchev–Trinajstić information content (AvgIpc) is 2.54. The smallest absolute Gasteiger partial charge is 0.235 e. The van der Waals surface area contributed by atoms with Gasteiger partial charge in [-0.15, -0.1) is 0 Å². The van der Waals surface area contributed by atoms with E-state index in [4.69, 9.17) is 15.7 Å². The number of nitrogen functional groups attached to an aromatic ring is 1. The molecule has 1 heterocycles. The number of hydrogen-bond donors (Lipinski definition) is 2. The van der Waals surface area contributed by atoms with Crippen LogP contribution in [0.1, 0.15) is 18.1 Å². The van der Waals surface area contributed by atoms with Gasteiger partial charge < -0.3 is 15.8 Å². The topological polar surface area (TPSA) is 135 Å². The van der Waals surface area contributed by atoms with Crippen LogP contribution in [0.15, 0.2) is 35.2 Å². The van der Waals surface area contributed by atoms with Crippen molar-refractivity contribution in [3.8, 4) is 11.9 Å². The van der Waals surface area contributed by atoms with Crippen LogP contribution in [0.4, 0.5) is 11.5 Å². The highest BCUT2D eigenvalue weighted by Gasteiger charge is 2.14. The first kappa shape index (κ1) is 19.2. The van der Waals surface area contributed by atoms with Crippen molar-refractivity contribution in [1.29, 1.82) is 5.26 Å². The number of nitrogens with one attached hydrogen (secondary N) is 1. The van der Waals surface area contributed by atoms with Crippen molar-refractivity contribution in [3.63, 3.8) is 0 Å². The fraction of sp³-hybridized carbons (Fsp3) is 0.235. The number of aromatic nitrogens is 1. The van der Waals surface area contributed by atoms with Gasteiger partial charge in [-0.2, -0.15) is 10.2 Å². The Labute approximate surface area is 151 Å². The van der Waals surface area contributed by atoms with E-state index in [1.165, 1.54) is 18.2 Å². The third kappa shape index (κ3) is 4.70. The lowest BCUT2D eigenvalue weighted by Crippen LogP contribution is -2.16. The number of anilines is 2. The zero-order valence-corrected chi connectivity index (χ0v) is 15.1. The Kier molecular flexibility index (Phi) is 5.79. The molecule has 0 atom stereocenters. The molecule has 0 saturated carbocycles. The van der Waals surface area contributed by atoms with Crippen LogP contribution in [0.5, 0.6) is 5.88 Å². The molecule has 0 radical (unpaired) electrons. The molecule has 0 saturated heterocycles. The van der Waals surface area contributed by atoms with E-state index in [0.717, 1.165) is 6.26 Å². The fourth-order valence-electron chi connectivity index (χ4n) is 2.19. The maximum absolute atomic E-state index is 12.2. The Morgan fingerprint density at radius 3 is 2.54 bits per heavy atom. The largest absolute Gasteiger partial charge is 0.477 e. The molecule has 0 aliphatic carbocycles. The quantitative estimate of drug-likeness (QED) is 0.782. The molecule has 0 aliphatic heterocycles. The number of hydrogen-bond acceptors (Lipinski definition) is 7. The second-order valence-corrected chi connectivity index (χ2v) is 7.48. The van der Waals surface area contributed by atoms with Gasteiger partial charge >= 0.3 is 0 Å². The molecule has 136 valence electrons. The minimum atomic E-state index is -3.28. The predicted octanol–water partition coefficient (Wildman–Crippen LogP) is 1.52. The molecule has 3 N–H and O–H groups in total. The summed E-state index contributed by atoms with van der Waals surface area (Å²) in [7, 11) is -3.28. The minimum Gasteiger partial charge on any atom is -0.477 e. The molecule has 1 aromatic heterocycles. The number of amides is 1. The Hall–Kier alpha value is -3.12.